The van der Waals surface area contributed by atoms with E-state index in [4.69, 9.17) is 4.74 Å². The minimum absolute atomic E-state index is 0.132. The number of ether oxygens (including phenoxy) is 1. The summed E-state index contributed by atoms with van der Waals surface area (Å²) in [6.07, 6.45) is 2.06. The molecule has 0 aliphatic carbocycles. The number of anilines is 1. The number of hydrogen-bond acceptors (Lipinski definition) is 5. The summed E-state index contributed by atoms with van der Waals surface area (Å²) in [4.78, 5) is 11.5. The van der Waals surface area contributed by atoms with Gasteiger partial charge in [0.15, 0.2) is 11.4 Å². The number of carboxylic acid groups (broad SMARTS) is 1. The van der Waals surface area contributed by atoms with Crippen LogP contribution in [0.1, 0.15) is 6.42 Å². The molecule has 0 saturated carbocycles. The van der Waals surface area contributed by atoms with Crippen LogP contribution in [-0.4, -0.2) is 40.0 Å². The normalized spacial score (nSPS) is 22.5. The zero-order valence-electron chi connectivity index (χ0n) is 10.2. The molecule has 1 fully saturated rings. The molecule has 0 radical (unpaired) electrons. The van der Waals surface area contributed by atoms with E-state index in [0.29, 0.717) is 18.8 Å². The Kier molecular flexibility index (Phi) is 2.79. The molecule has 0 amide bonds. The third-order valence-electron chi connectivity index (χ3n) is 3.36. The lowest BCUT2D eigenvalue weighted by atomic mass is 9.98. The van der Waals surface area contributed by atoms with Crippen molar-refractivity contribution in [2.24, 2.45) is 0 Å². The Morgan fingerprint density at radius 3 is 3.00 bits per heavy atom. The first-order chi connectivity index (χ1) is 9.21. The second kappa shape index (κ2) is 4.47. The highest BCUT2D eigenvalue weighted by Gasteiger charge is 2.43. The van der Waals surface area contributed by atoms with Crippen molar-refractivity contribution in [1.82, 2.24) is 10.2 Å². The molecule has 0 spiro atoms. The summed E-state index contributed by atoms with van der Waals surface area (Å²) in [6, 6.07) is 7.58. The Hall–Kier alpha value is -2.21. The van der Waals surface area contributed by atoms with Crippen molar-refractivity contribution in [3.05, 3.63) is 30.5 Å². The number of hydrogen-bond donors (Lipinski definition) is 2. The molecule has 1 aromatic carbocycles. The first-order valence-electron chi connectivity index (χ1n) is 6.01. The quantitative estimate of drug-likeness (QED) is 0.864. The van der Waals surface area contributed by atoms with Gasteiger partial charge in [0.1, 0.15) is 0 Å². The molecule has 2 N–H and O–H groups in total. The fourth-order valence-corrected chi connectivity index (χ4v) is 2.23. The Morgan fingerprint density at radius 1 is 1.42 bits per heavy atom. The number of nitrogens with zero attached hydrogens (tertiary/aromatic N) is 2. The molecule has 0 bridgehead atoms. The van der Waals surface area contributed by atoms with E-state index in [1.54, 1.807) is 6.20 Å². The smallest absolute Gasteiger partial charge is 0.331 e. The minimum Gasteiger partial charge on any atom is -0.479 e. The minimum atomic E-state index is -1.11. The predicted octanol–water partition coefficient (Wildman–Crippen LogP) is 1.29. The molecule has 3 rings (SSSR count). The Labute approximate surface area is 109 Å². The van der Waals surface area contributed by atoms with Crippen molar-refractivity contribution in [3.8, 4) is 0 Å². The van der Waals surface area contributed by atoms with Crippen LogP contribution in [0.5, 0.6) is 0 Å². The van der Waals surface area contributed by atoms with Gasteiger partial charge in [0.2, 0.25) is 0 Å². The third-order valence-corrected chi connectivity index (χ3v) is 3.36. The van der Waals surface area contributed by atoms with Gasteiger partial charge in [-0.25, -0.2) is 4.79 Å². The number of carbonyl (C=O) groups is 1. The molecule has 19 heavy (non-hydrogen) atoms. The lowest BCUT2D eigenvalue weighted by Crippen LogP contribution is -2.47. The highest BCUT2D eigenvalue weighted by atomic mass is 16.5. The van der Waals surface area contributed by atoms with Gasteiger partial charge in [-0.15, -0.1) is 5.10 Å². The number of nitrogens with one attached hydrogen (secondary N) is 1. The summed E-state index contributed by atoms with van der Waals surface area (Å²) in [5, 5.41) is 22.1. The second-order valence-electron chi connectivity index (χ2n) is 4.60. The molecule has 1 unspecified atom stereocenters. The van der Waals surface area contributed by atoms with Crippen LogP contribution in [0.15, 0.2) is 30.5 Å². The van der Waals surface area contributed by atoms with Gasteiger partial charge >= 0.3 is 5.97 Å². The van der Waals surface area contributed by atoms with Gasteiger partial charge in [0, 0.05) is 23.8 Å². The summed E-state index contributed by atoms with van der Waals surface area (Å²) in [5.41, 5.74) is -1.11. The van der Waals surface area contributed by atoms with Crippen molar-refractivity contribution >= 4 is 22.6 Å². The van der Waals surface area contributed by atoms with Gasteiger partial charge in [-0.05, 0) is 0 Å². The van der Waals surface area contributed by atoms with Crippen molar-refractivity contribution in [2.45, 2.75) is 12.0 Å². The van der Waals surface area contributed by atoms with Gasteiger partial charge in [0.25, 0.3) is 0 Å². The zero-order valence-corrected chi connectivity index (χ0v) is 10.2. The molecular weight excluding hydrogens is 246 g/mol. The zero-order chi connectivity index (χ0) is 13.3. The van der Waals surface area contributed by atoms with E-state index in [2.05, 4.69) is 15.5 Å². The van der Waals surface area contributed by atoms with Crippen LogP contribution in [0.2, 0.25) is 0 Å². The molecule has 1 aliphatic heterocycles. The SMILES string of the molecule is O=C(O)C1(Nc2nncc3ccccc23)CCOC1. The van der Waals surface area contributed by atoms with Crippen LogP contribution < -0.4 is 5.32 Å². The first kappa shape index (κ1) is 11.9. The number of rotatable bonds is 3. The highest BCUT2D eigenvalue weighted by molar-refractivity contribution is 5.93. The molecular formula is C13H13N3O3. The summed E-state index contributed by atoms with van der Waals surface area (Å²) < 4.78 is 5.21. The fourth-order valence-electron chi connectivity index (χ4n) is 2.23. The number of benzene rings is 1. The largest absolute Gasteiger partial charge is 0.479 e. The van der Waals surface area contributed by atoms with Gasteiger partial charge in [-0.2, -0.15) is 5.10 Å². The number of aliphatic carboxylic acids is 1. The lowest BCUT2D eigenvalue weighted by Gasteiger charge is -2.24. The van der Waals surface area contributed by atoms with Crippen LogP contribution in [0, 0.1) is 0 Å². The van der Waals surface area contributed by atoms with Gasteiger partial charge < -0.3 is 15.2 Å². The van der Waals surface area contributed by atoms with E-state index in [1.807, 2.05) is 24.3 Å². The standard InChI is InChI=1S/C13H13N3O3/c17-12(18)13(5-6-19-8-13)15-11-10-4-2-1-3-9(10)7-14-16-11/h1-4,7H,5-6,8H2,(H,15,16)(H,17,18). The molecule has 98 valence electrons. The fraction of sp³-hybridized carbons (Fsp3) is 0.308. The molecule has 1 saturated heterocycles. The molecule has 1 aliphatic rings. The summed E-state index contributed by atoms with van der Waals surface area (Å²) in [6.45, 7) is 0.560. The molecule has 2 aromatic rings. The molecule has 6 nitrogen and oxygen atoms in total. The van der Waals surface area contributed by atoms with E-state index in [0.717, 1.165) is 10.8 Å². The van der Waals surface area contributed by atoms with Crippen LogP contribution in [0.25, 0.3) is 10.8 Å². The Balaban J connectivity index is 2.03. The van der Waals surface area contributed by atoms with Crippen LogP contribution in [0.3, 0.4) is 0 Å². The van der Waals surface area contributed by atoms with Crippen molar-refractivity contribution in [2.75, 3.05) is 18.5 Å². The van der Waals surface area contributed by atoms with E-state index in [9.17, 15) is 9.90 Å². The van der Waals surface area contributed by atoms with Crippen LogP contribution in [0.4, 0.5) is 5.82 Å². The summed E-state index contributed by atoms with van der Waals surface area (Å²) in [5.74, 6) is -0.453. The summed E-state index contributed by atoms with van der Waals surface area (Å²) in [7, 11) is 0. The van der Waals surface area contributed by atoms with Crippen molar-refractivity contribution in [3.63, 3.8) is 0 Å². The molecule has 1 aromatic heterocycles. The Bertz CT molecular complexity index is 618. The number of aromatic nitrogens is 2. The van der Waals surface area contributed by atoms with E-state index < -0.39 is 11.5 Å². The first-order valence-corrected chi connectivity index (χ1v) is 6.01. The summed E-state index contributed by atoms with van der Waals surface area (Å²) >= 11 is 0. The van der Waals surface area contributed by atoms with Crippen LogP contribution >= 0.6 is 0 Å². The van der Waals surface area contributed by atoms with Crippen molar-refractivity contribution in [1.29, 1.82) is 0 Å². The van der Waals surface area contributed by atoms with E-state index in [-0.39, 0.29) is 6.61 Å². The van der Waals surface area contributed by atoms with Crippen molar-refractivity contribution < 1.29 is 14.6 Å². The van der Waals surface area contributed by atoms with Gasteiger partial charge in [0.05, 0.1) is 12.8 Å². The molecule has 2 heterocycles. The lowest BCUT2D eigenvalue weighted by molar-refractivity contribution is -0.142. The number of carboxylic acids is 1. The van der Waals surface area contributed by atoms with Gasteiger partial charge in [-0.1, -0.05) is 24.3 Å². The number of fused-ring (bicyclic) bond motifs is 1. The maximum atomic E-state index is 11.5. The van der Waals surface area contributed by atoms with E-state index >= 15 is 0 Å². The van der Waals surface area contributed by atoms with Gasteiger partial charge in [-0.3, -0.25) is 0 Å². The maximum Gasteiger partial charge on any atom is 0.331 e. The molecule has 6 heteroatoms. The van der Waals surface area contributed by atoms with Crippen LogP contribution in [-0.2, 0) is 9.53 Å². The Morgan fingerprint density at radius 2 is 2.26 bits per heavy atom. The monoisotopic (exact) mass is 259 g/mol. The average molecular weight is 259 g/mol. The predicted molar refractivity (Wildman–Crippen MR) is 69.0 cm³/mol. The average Bonchev–Trinajstić information content (AvgIpc) is 2.89. The highest BCUT2D eigenvalue weighted by Crippen LogP contribution is 2.27. The molecule has 1 atom stereocenters. The van der Waals surface area contributed by atoms with E-state index in [1.165, 1.54) is 0 Å². The topological polar surface area (TPSA) is 84.3 Å². The second-order valence-corrected chi connectivity index (χ2v) is 4.60. The third kappa shape index (κ3) is 2.00. The maximum absolute atomic E-state index is 11.5.